The second-order valence-corrected chi connectivity index (χ2v) is 6.52. The van der Waals surface area contributed by atoms with Crippen molar-refractivity contribution in [3.63, 3.8) is 0 Å². The molecule has 1 aliphatic heterocycles. The van der Waals surface area contributed by atoms with Crippen LogP contribution in [0.4, 0.5) is 5.69 Å². The maximum Gasteiger partial charge on any atom is 0.325 e. The third-order valence-electron chi connectivity index (χ3n) is 4.88. The SMILES string of the molecule is CCC1(C(=O)c2ccc(NCC(=O)OC)c(C)c2)Cc2ccccc2O1. The number of hydrogen-bond donors (Lipinski definition) is 1. The number of carbonyl (C=O) groups excluding carboxylic acids is 2. The number of carbonyl (C=O) groups is 2. The fourth-order valence-corrected chi connectivity index (χ4v) is 3.29. The van der Waals surface area contributed by atoms with E-state index in [4.69, 9.17) is 4.74 Å². The lowest BCUT2D eigenvalue weighted by molar-refractivity contribution is -0.138. The van der Waals surface area contributed by atoms with Crippen LogP contribution in [0.25, 0.3) is 0 Å². The quantitative estimate of drug-likeness (QED) is 0.636. The van der Waals surface area contributed by atoms with Crippen LogP contribution in [0.2, 0.25) is 0 Å². The summed E-state index contributed by atoms with van der Waals surface area (Å²) in [5.74, 6) is 0.432. The highest BCUT2D eigenvalue weighted by molar-refractivity contribution is 6.04. The number of ether oxygens (including phenoxy) is 2. The second-order valence-electron chi connectivity index (χ2n) is 6.52. The summed E-state index contributed by atoms with van der Waals surface area (Å²) in [7, 11) is 1.35. The summed E-state index contributed by atoms with van der Waals surface area (Å²) in [6.45, 7) is 3.96. The Morgan fingerprint density at radius 2 is 2.00 bits per heavy atom. The van der Waals surface area contributed by atoms with Crippen LogP contribution in [-0.4, -0.2) is 31.0 Å². The Morgan fingerprint density at radius 1 is 1.23 bits per heavy atom. The molecule has 1 unspecified atom stereocenters. The van der Waals surface area contributed by atoms with Gasteiger partial charge in [0.15, 0.2) is 5.60 Å². The molecule has 2 aromatic rings. The van der Waals surface area contributed by atoms with Crippen LogP contribution >= 0.6 is 0 Å². The molecule has 0 saturated carbocycles. The Kier molecular flexibility index (Phi) is 4.98. The number of esters is 1. The Bertz CT molecular complexity index is 819. The molecular weight excluding hydrogens is 330 g/mol. The molecule has 26 heavy (non-hydrogen) atoms. The van der Waals surface area contributed by atoms with E-state index in [1.807, 2.05) is 50.2 Å². The van der Waals surface area contributed by atoms with Gasteiger partial charge in [-0.2, -0.15) is 0 Å². The molecule has 5 nitrogen and oxygen atoms in total. The van der Waals surface area contributed by atoms with E-state index in [2.05, 4.69) is 10.1 Å². The van der Waals surface area contributed by atoms with Crippen LogP contribution < -0.4 is 10.1 Å². The predicted molar refractivity (Wildman–Crippen MR) is 99.8 cm³/mol. The van der Waals surface area contributed by atoms with Gasteiger partial charge in [0.2, 0.25) is 5.78 Å². The molecule has 0 bridgehead atoms. The maximum absolute atomic E-state index is 13.2. The molecule has 0 aliphatic carbocycles. The van der Waals surface area contributed by atoms with Crippen molar-refractivity contribution in [2.45, 2.75) is 32.3 Å². The Hall–Kier alpha value is -2.82. The first-order valence-electron chi connectivity index (χ1n) is 8.72. The summed E-state index contributed by atoms with van der Waals surface area (Å²) in [6, 6.07) is 13.2. The number of anilines is 1. The molecule has 0 amide bonds. The van der Waals surface area contributed by atoms with E-state index in [0.29, 0.717) is 18.4 Å². The zero-order valence-electron chi connectivity index (χ0n) is 15.3. The molecule has 1 N–H and O–H groups in total. The van der Waals surface area contributed by atoms with Gasteiger partial charge < -0.3 is 14.8 Å². The Labute approximate surface area is 153 Å². The molecule has 1 heterocycles. The molecule has 3 rings (SSSR count). The van der Waals surface area contributed by atoms with Crippen LogP contribution in [0.3, 0.4) is 0 Å². The minimum absolute atomic E-state index is 0.0150. The number of methoxy groups -OCH3 is 1. The highest BCUT2D eigenvalue weighted by Crippen LogP contribution is 2.39. The lowest BCUT2D eigenvalue weighted by Crippen LogP contribution is -2.42. The molecule has 1 aliphatic rings. The molecule has 0 saturated heterocycles. The molecule has 1 atom stereocenters. The fraction of sp³-hybridized carbons (Fsp3) is 0.333. The van der Waals surface area contributed by atoms with E-state index in [1.54, 1.807) is 6.07 Å². The van der Waals surface area contributed by atoms with Gasteiger partial charge in [-0.05, 0) is 48.7 Å². The maximum atomic E-state index is 13.2. The van der Waals surface area contributed by atoms with E-state index < -0.39 is 5.60 Å². The van der Waals surface area contributed by atoms with Crippen molar-refractivity contribution in [3.8, 4) is 5.75 Å². The largest absolute Gasteiger partial charge is 0.478 e. The summed E-state index contributed by atoms with van der Waals surface area (Å²) >= 11 is 0. The lowest BCUT2D eigenvalue weighted by atomic mass is 9.86. The van der Waals surface area contributed by atoms with E-state index in [9.17, 15) is 9.59 Å². The van der Waals surface area contributed by atoms with Crippen molar-refractivity contribution in [3.05, 3.63) is 59.2 Å². The lowest BCUT2D eigenvalue weighted by Gasteiger charge is -2.26. The van der Waals surface area contributed by atoms with Crippen molar-refractivity contribution in [1.29, 1.82) is 0 Å². The third kappa shape index (κ3) is 3.29. The van der Waals surface area contributed by atoms with E-state index in [1.165, 1.54) is 7.11 Å². The predicted octanol–water partition coefficient (Wildman–Crippen LogP) is 3.55. The zero-order valence-corrected chi connectivity index (χ0v) is 15.3. The van der Waals surface area contributed by atoms with Crippen molar-refractivity contribution < 1.29 is 19.1 Å². The number of benzene rings is 2. The number of Topliss-reactive ketones (excluding diaryl/α,β-unsaturated/α-hetero) is 1. The Balaban J connectivity index is 1.81. The average Bonchev–Trinajstić information content (AvgIpc) is 3.06. The van der Waals surface area contributed by atoms with Gasteiger partial charge in [-0.1, -0.05) is 25.1 Å². The minimum Gasteiger partial charge on any atom is -0.478 e. The highest BCUT2D eigenvalue weighted by atomic mass is 16.5. The number of para-hydroxylation sites is 1. The van der Waals surface area contributed by atoms with Gasteiger partial charge >= 0.3 is 5.97 Å². The normalized spacial score (nSPS) is 18.0. The summed E-state index contributed by atoms with van der Waals surface area (Å²) in [4.78, 5) is 24.5. The van der Waals surface area contributed by atoms with Crippen molar-refractivity contribution >= 4 is 17.4 Å². The standard InChI is InChI=1S/C21H23NO4/c1-4-21(12-16-7-5-6-8-18(16)26-21)20(24)15-9-10-17(14(2)11-15)22-13-19(23)25-3/h5-11,22H,4,12-13H2,1-3H3. The molecule has 2 aromatic carbocycles. The molecule has 0 radical (unpaired) electrons. The molecule has 0 fully saturated rings. The van der Waals surface area contributed by atoms with Crippen LogP contribution in [0.1, 0.15) is 34.8 Å². The smallest absolute Gasteiger partial charge is 0.325 e. The van der Waals surface area contributed by atoms with Gasteiger partial charge in [0, 0.05) is 17.7 Å². The molecule has 0 aromatic heterocycles. The van der Waals surface area contributed by atoms with E-state index in [-0.39, 0.29) is 18.3 Å². The number of hydrogen-bond acceptors (Lipinski definition) is 5. The van der Waals surface area contributed by atoms with Crippen molar-refractivity contribution in [2.75, 3.05) is 19.0 Å². The number of rotatable bonds is 6. The summed E-state index contributed by atoms with van der Waals surface area (Å²) < 4.78 is 10.7. The van der Waals surface area contributed by atoms with Gasteiger partial charge in [0.05, 0.1) is 7.11 Å². The monoisotopic (exact) mass is 353 g/mol. The number of fused-ring (bicyclic) bond motifs is 1. The van der Waals surface area contributed by atoms with Gasteiger partial charge in [-0.3, -0.25) is 9.59 Å². The molecular formula is C21H23NO4. The van der Waals surface area contributed by atoms with Crippen LogP contribution in [0.5, 0.6) is 5.75 Å². The number of aryl methyl sites for hydroxylation is 1. The minimum atomic E-state index is -0.850. The van der Waals surface area contributed by atoms with Crippen molar-refractivity contribution in [1.82, 2.24) is 0 Å². The molecule has 136 valence electrons. The topological polar surface area (TPSA) is 64.6 Å². The summed E-state index contributed by atoms with van der Waals surface area (Å²) in [5.41, 5.74) is 2.52. The summed E-state index contributed by atoms with van der Waals surface area (Å²) in [6.07, 6.45) is 1.18. The van der Waals surface area contributed by atoms with Crippen LogP contribution in [-0.2, 0) is 16.0 Å². The van der Waals surface area contributed by atoms with Crippen molar-refractivity contribution in [2.24, 2.45) is 0 Å². The first-order valence-corrected chi connectivity index (χ1v) is 8.72. The Morgan fingerprint density at radius 3 is 2.65 bits per heavy atom. The van der Waals surface area contributed by atoms with Gasteiger partial charge in [-0.15, -0.1) is 0 Å². The highest BCUT2D eigenvalue weighted by Gasteiger charge is 2.44. The third-order valence-corrected chi connectivity index (χ3v) is 4.88. The number of ketones is 1. The first kappa shape index (κ1) is 18.0. The van der Waals surface area contributed by atoms with Crippen LogP contribution in [0, 0.1) is 6.92 Å². The number of nitrogens with one attached hydrogen (secondary N) is 1. The van der Waals surface area contributed by atoms with Gasteiger partial charge in [0.1, 0.15) is 12.3 Å². The zero-order chi connectivity index (χ0) is 18.7. The fourth-order valence-electron chi connectivity index (χ4n) is 3.29. The van der Waals surface area contributed by atoms with E-state index in [0.717, 1.165) is 22.6 Å². The molecule has 5 heteroatoms. The van der Waals surface area contributed by atoms with Gasteiger partial charge in [-0.25, -0.2) is 0 Å². The van der Waals surface area contributed by atoms with E-state index >= 15 is 0 Å². The van der Waals surface area contributed by atoms with Gasteiger partial charge in [0.25, 0.3) is 0 Å². The average molecular weight is 353 g/mol. The summed E-state index contributed by atoms with van der Waals surface area (Å²) in [5, 5.41) is 3.02. The van der Waals surface area contributed by atoms with Crippen LogP contribution in [0.15, 0.2) is 42.5 Å². The first-order chi connectivity index (χ1) is 12.5. The molecule has 0 spiro atoms. The second kappa shape index (κ2) is 7.20.